The number of hydrogen-bond acceptors (Lipinski definition) is 2. The lowest BCUT2D eigenvalue weighted by atomic mass is 10.0. The summed E-state index contributed by atoms with van der Waals surface area (Å²) in [4.78, 5) is 11.0. The van der Waals surface area contributed by atoms with Gasteiger partial charge in [0.2, 0.25) is 0 Å². The van der Waals surface area contributed by atoms with Crippen LogP contribution in [0.15, 0.2) is 82.8 Å². The third-order valence-electron chi connectivity index (χ3n) is 11.8. The second-order valence-corrected chi connectivity index (χ2v) is 17.3. The van der Waals surface area contributed by atoms with E-state index in [2.05, 4.69) is 101 Å². The van der Waals surface area contributed by atoms with E-state index >= 15 is 0 Å². The van der Waals surface area contributed by atoms with Crippen LogP contribution in [0.2, 0.25) is 0 Å². The fourth-order valence-corrected chi connectivity index (χ4v) is 7.98. The molecule has 2 nitrogen and oxygen atoms in total. The van der Waals surface area contributed by atoms with Crippen molar-refractivity contribution in [1.82, 2.24) is 0 Å². The first-order chi connectivity index (χ1) is 28.7. The van der Waals surface area contributed by atoms with Gasteiger partial charge in [-0.2, -0.15) is 0 Å². The number of hydrogen-bond donors (Lipinski definition) is 0. The summed E-state index contributed by atoms with van der Waals surface area (Å²) in [6, 6.07) is 17.8. The van der Waals surface area contributed by atoms with Crippen LogP contribution in [0.25, 0.3) is 0 Å². The zero-order valence-electron chi connectivity index (χ0n) is 38.9. The van der Waals surface area contributed by atoms with Crippen molar-refractivity contribution >= 4 is 22.8 Å². The highest BCUT2D eigenvalue weighted by atomic mass is 14.8. The number of allylic oxidation sites excluding steroid dienone is 4. The third-order valence-corrected chi connectivity index (χ3v) is 11.8. The average Bonchev–Trinajstić information content (AvgIpc) is 3.24. The Morgan fingerprint density at radius 1 is 0.345 bits per heavy atom. The summed E-state index contributed by atoms with van der Waals surface area (Å²) in [6.07, 6.45) is 53.5. The molecule has 58 heavy (non-hydrogen) atoms. The van der Waals surface area contributed by atoms with Crippen LogP contribution < -0.4 is 0 Å². The molecule has 0 radical (unpaired) electrons. The molecule has 0 saturated heterocycles. The lowest BCUT2D eigenvalue weighted by Gasteiger charge is -2.14. The van der Waals surface area contributed by atoms with Crippen molar-refractivity contribution in [2.45, 2.75) is 246 Å². The molecule has 0 fully saturated rings. The van der Waals surface area contributed by atoms with Gasteiger partial charge >= 0.3 is 0 Å². The number of aryl methyl sites for hydroxylation is 2. The van der Waals surface area contributed by atoms with Crippen molar-refractivity contribution in [3.05, 3.63) is 84.0 Å². The first kappa shape index (κ1) is 51.4. The van der Waals surface area contributed by atoms with E-state index in [9.17, 15) is 0 Å². The van der Waals surface area contributed by atoms with E-state index < -0.39 is 0 Å². The predicted octanol–water partition coefficient (Wildman–Crippen LogP) is 19.3. The Kier molecular flexibility index (Phi) is 34.1. The van der Waals surface area contributed by atoms with Crippen LogP contribution in [0, 0.1) is 0 Å². The second kappa shape index (κ2) is 38.5. The minimum atomic E-state index is 0.991. The predicted molar refractivity (Wildman–Crippen MR) is 263 cm³/mol. The summed E-state index contributed by atoms with van der Waals surface area (Å²) in [5.41, 5.74) is 7.48. The molecule has 0 heterocycles. The highest BCUT2D eigenvalue weighted by Gasteiger charge is 2.13. The number of para-hydroxylation sites is 2. The minimum Gasteiger partial charge on any atom is -0.251 e. The van der Waals surface area contributed by atoms with Crippen molar-refractivity contribution in [3.63, 3.8) is 0 Å². The van der Waals surface area contributed by atoms with Crippen LogP contribution in [0.1, 0.15) is 244 Å². The van der Waals surface area contributed by atoms with Crippen molar-refractivity contribution in [3.8, 4) is 0 Å². The minimum absolute atomic E-state index is 0.991. The van der Waals surface area contributed by atoms with Crippen LogP contribution in [0.3, 0.4) is 0 Å². The van der Waals surface area contributed by atoms with E-state index in [0.29, 0.717) is 0 Å². The van der Waals surface area contributed by atoms with Gasteiger partial charge in [0.1, 0.15) is 0 Å². The van der Waals surface area contributed by atoms with Crippen LogP contribution >= 0.6 is 0 Å². The molecule has 2 rings (SSSR count). The molecule has 0 saturated carbocycles. The van der Waals surface area contributed by atoms with Gasteiger partial charge in [-0.05, 0) is 113 Å². The maximum atomic E-state index is 5.52. The van der Waals surface area contributed by atoms with E-state index in [0.717, 1.165) is 56.3 Å². The van der Waals surface area contributed by atoms with E-state index in [-0.39, 0.29) is 0 Å². The fraction of sp³-hybridized carbons (Fsp3) is 0.679. The van der Waals surface area contributed by atoms with Gasteiger partial charge in [0.25, 0.3) is 0 Å². The molecule has 2 heteroatoms. The molecule has 326 valence electrons. The zero-order valence-corrected chi connectivity index (χ0v) is 38.9. The van der Waals surface area contributed by atoms with Gasteiger partial charge in [0.15, 0.2) is 0 Å². The summed E-state index contributed by atoms with van der Waals surface area (Å²) in [5.74, 6) is 0. The van der Waals surface area contributed by atoms with Crippen molar-refractivity contribution < 1.29 is 0 Å². The fourth-order valence-electron chi connectivity index (χ4n) is 7.98. The molecule has 0 aliphatic heterocycles. The molecular weight excluding hydrogens is 701 g/mol. The van der Waals surface area contributed by atoms with Gasteiger partial charge < -0.3 is 0 Å². The van der Waals surface area contributed by atoms with Crippen LogP contribution in [0.4, 0.5) is 11.4 Å². The quantitative estimate of drug-likeness (QED) is 0.0366. The van der Waals surface area contributed by atoms with Crippen molar-refractivity contribution in [2.75, 3.05) is 0 Å². The smallest absolute Gasteiger partial charge is 0.0665 e. The number of nitrogens with zero attached hydrogens (tertiary/aromatic N) is 2. The molecule has 0 bridgehead atoms. The number of unbranched alkanes of at least 4 members (excludes halogenated alkanes) is 24. The van der Waals surface area contributed by atoms with E-state index in [4.69, 9.17) is 9.98 Å². The van der Waals surface area contributed by atoms with Gasteiger partial charge in [-0.25, -0.2) is 0 Å². The van der Waals surface area contributed by atoms with Gasteiger partial charge in [-0.15, -0.1) is 0 Å². The Labute approximate surface area is 361 Å². The molecule has 0 aliphatic carbocycles. The second-order valence-electron chi connectivity index (χ2n) is 17.3. The molecule has 0 unspecified atom stereocenters. The van der Waals surface area contributed by atoms with E-state index in [1.54, 1.807) is 0 Å². The topological polar surface area (TPSA) is 24.7 Å². The standard InChI is InChI=1S/C56H92N2/c1-5-9-13-16-18-20-22-24-26-28-30-32-34-36-43-51-45-39-41-48-53(51)57-55(47-12-8-4)56(50-38-15-11-7-3)58-54-49-42-40-46-52(54)44-37-35-33-31-29-27-25-23-21-19-17-14-10-6-2/h30-33,39-42,45-46,48-49H,5-29,34-38,43-44,47,50H2,1-4H3. The first-order valence-corrected chi connectivity index (χ1v) is 25.3. The normalized spacial score (nSPS) is 12.5. The van der Waals surface area contributed by atoms with Crippen molar-refractivity contribution in [2.24, 2.45) is 9.98 Å². The largest absolute Gasteiger partial charge is 0.251 e. The van der Waals surface area contributed by atoms with Gasteiger partial charge in [-0.3, -0.25) is 9.98 Å². The van der Waals surface area contributed by atoms with Crippen LogP contribution in [-0.2, 0) is 12.8 Å². The van der Waals surface area contributed by atoms with E-state index in [1.165, 1.54) is 196 Å². The van der Waals surface area contributed by atoms with Crippen molar-refractivity contribution in [1.29, 1.82) is 0 Å². The Balaban J connectivity index is 2.01. The monoisotopic (exact) mass is 793 g/mol. The summed E-state index contributed by atoms with van der Waals surface area (Å²) in [6.45, 7) is 9.20. The third kappa shape index (κ3) is 27.1. The van der Waals surface area contributed by atoms with Crippen LogP contribution in [-0.4, -0.2) is 11.4 Å². The van der Waals surface area contributed by atoms with E-state index in [1.807, 2.05) is 0 Å². The summed E-state index contributed by atoms with van der Waals surface area (Å²) < 4.78 is 0. The van der Waals surface area contributed by atoms with Crippen LogP contribution in [0.5, 0.6) is 0 Å². The molecule has 0 spiro atoms. The maximum absolute atomic E-state index is 5.52. The molecule has 0 atom stereocenters. The molecule has 0 aromatic heterocycles. The molecule has 2 aromatic rings. The van der Waals surface area contributed by atoms with Gasteiger partial charge in [-0.1, -0.05) is 217 Å². The SMILES string of the molecule is CCCCCCCCCCCC=CCCCc1ccccc1N=C(CCCC)C(CCCCCC)=Nc1ccccc1CCCC=CCCCCCCCCCCC. The first-order valence-electron chi connectivity index (χ1n) is 25.3. The average molecular weight is 793 g/mol. The number of benzene rings is 2. The Morgan fingerprint density at radius 3 is 1.05 bits per heavy atom. The highest BCUT2D eigenvalue weighted by Crippen LogP contribution is 2.26. The number of aliphatic imine (C=N–C) groups is 2. The summed E-state index contributed by atoms with van der Waals surface area (Å²) in [7, 11) is 0. The Morgan fingerprint density at radius 2 is 0.655 bits per heavy atom. The molecule has 2 aromatic carbocycles. The molecule has 0 N–H and O–H groups in total. The zero-order chi connectivity index (χ0) is 41.4. The molecular formula is C56H92N2. The Hall–Kier alpha value is -2.74. The Bertz CT molecular complexity index is 1350. The lowest BCUT2D eigenvalue weighted by Crippen LogP contribution is -2.15. The van der Waals surface area contributed by atoms with Gasteiger partial charge in [0, 0.05) is 0 Å². The molecule has 0 aliphatic rings. The lowest BCUT2D eigenvalue weighted by molar-refractivity contribution is 0.566. The number of rotatable bonds is 39. The van der Waals surface area contributed by atoms with Gasteiger partial charge in [0.05, 0.1) is 22.8 Å². The maximum Gasteiger partial charge on any atom is 0.0665 e. The molecule has 0 amide bonds. The summed E-state index contributed by atoms with van der Waals surface area (Å²) in [5, 5.41) is 0. The summed E-state index contributed by atoms with van der Waals surface area (Å²) >= 11 is 0. The highest BCUT2D eigenvalue weighted by molar-refractivity contribution is 6.43.